The van der Waals surface area contributed by atoms with E-state index in [-0.39, 0.29) is 22.8 Å². The number of benzene rings is 1. The number of aromatic nitrogens is 1. The summed E-state index contributed by atoms with van der Waals surface area (Å²) in [6.07, 6.45) is 11.7. The Balaban J connectivity index is 1.13. The van der Waals surface area contributed by atoms with Gasteiger partial charge in [-0.3, -0.25) is 4.79 Å². The molecule has 1 aromatic carbocycles. The maximum Gasteiger partial charge on any atom is 0.137 e. The number of nitrogens with one attached hydrogen (secondary N) is 1. The third kappa shape index (κ3) is 3.77. The van der Waals surface area contributed by atoms with E-state index >= 15 is 0 Å². The van der Waals surface area contributed by atoms with Crippen molar-refractivity contribution in [1.82, 2.24) is 4.98 Å². The average molecular weight is 488 g/mol. The summed E-state index contributed by atoms with van der Waals surface area (Å²) in [4.78, 5) is 21.6. The first-order chi connectivity index (χ1) is 17.3. The Labute approximate surface area is 214 Å². The molecule has 1 aromatic heterocycles. The number of rotatable bonds is 5. The van der Waals surface area contributed by atoms with E-state index in [0.717, 1.165) is 54.4 Å². The van der Waals surface area contributed by atoms with Crippen molar-refractivity contribution in [2.24, 2.45) is 45.4 Å². The van der Waals surface area contributed by atoms with Crippen LogP contribution in [0.25, 0.3) is 10.9 Å². The summed E-state index contributed by atoms with van der Waals surface area (Å²) >= 11 is 0. The first kappa shape index (κ1) is 24.0. The van der Waals surface area contributed by atoms with E-state index in [4.69, 9.17) is 10.6 Å². The Hall–Kier alpha value is -2.40. The van der Waals surface area contributed by atoms with Gasteiger partial charge >= 0.3 is 0 Å². The molecule has 5 nitrogen and oxygen atoms in total. The summed E-state index contributed by atoms with van der Waals surface area (Å²) in [5.74, 6) is 2.92. The molecule has 0 aliphatic heterocycles. The first-order valence-corrected chi connectivity index (χ1v) is 14.0. The molecular weight excluding hydrogens is 446 g/mol. The molecular formula is C31H41N3O2. The molecule has 1 heterocycles. The Morgan fingerprint density at radius 3 is 2.78 bits per heavy atom. The molecule has 0 radical (unpaired) electrons. The summed E-state index contributed by atoms with van der Waals surface area (Å²) in [5, 5.41) is 5.70. The molecule has 3 fully saturated rings. The first-order valence-electron chi connectivity index (χ1n) is 14.0. The van der Waals surface area contributed by atoms with Gasteiger partial charge in [0.05, 0.1) is 11.8 Å². The number of para-hydroxylation sites is 1. The Bertz CT molecular complexity index is 1190. The van der Waals surface area contributed by atoms with Crippen molar-refractivity contribution in [2.75, 3.05) is 6.61 Å². The van der Waals surface area contributed by atoms with E-state index in [1.807, 2.05) is 19.1 Å². The Kier molecular flexibility index (Phi) is 5.90. The summed E-state index contributed by atoms with van der Waals surface area (Å²) in [5.41, 5.74) is 11.6. The molecule has 0 spiro atoms. The lowest BCUT2D eigenvalue weighted by atomic mass is 9.46. The normalized spacial score (nSPS) is 37.7. The lowest BCUT2D eigenvalue weighted by Crippen LogP contribution is -2.51. The molecule has 0 saturated heterocycles. The molecule has 0 amide bonds. The van der Waals surface area contributed by atoms with Gasteiger partial charge in [-0.1, -0.05) is 42.8 Å². The number of carbonyl (C=O) groups excluding carboxylic acids is 1. The van der Waals surface area contributed by atoms with E-state index in [0.29, 0.717) is 18.3 Å². The third-order valence-electron chi connectivity index (χ3n) is 10.9. The van der Waals surface area contributed by atoms with Gasteiger partial charge in [0.25, 0.3) is 0 Å². The number of oxime groups is 1. The third-order valence-corrected chi connectivity index (χ3v) is 10.9. The highest BCUT2D eigenvalue weighted by Crippen LogP contribution is 2.66. The quantitative estimate of drug-likeness (QED) is 0.460. The topological polar surface area (TPSA) is 80.5 Å². The number of H-pyrrole nitrogens is 1. The van der Waals surface area contributed by atoms with Gasteiger partial charge in [0, 0.05) is 17.1 Å². The number of Topliss-reactive ketones (excluding diaryl/α,β-unsaturated/α-hetero) is 1. The monoisotopic (exact) mass is 487 g/mol. The molecule has 6 rings (SSSR count). The van der Waals surface area contributed by atoms with Gasteiger partial charge in [-0.15, -0.1) is 0 Å². The van der Waals surface area contributed by atoms with Crippen molar-refractivity contribution in [2.45, 2.75) is 78.2 Å². The fourth-order valence-corrected chi connectivity index (χ4v) is 8.90. The molecule has 3 N–H and O–H groups in total. The highest BCUT2D eigenvalue weighted by Gasteiger charge is 2.59. The lowest BCUT2D eigenvalue weighted by molar-refractivity contribution is -0.127. The van der Waals surface area contributed by atoms with Crippen molar-refractivity contribution >= 4 is 22.4 Å². The minimum Gasteiger partial charge on any atom is -0.393 e. The second kappa shape index (κ2) is 8.86. The van der Waals surface area contributed by atoms with Crippen LogP contribution in [0.3, 0.4) is 0 Å². The smallest absolute Gasteiger partial charge is 0.137 e. The second-order valence-corrected chi connectivity index (χ2v) is 12.6. The largest absolute Gasteiger partial charge is 0.393 e. The minimum absolute atomic E-state index is 0.226. The number of ketones is 1. The maximum absolute atomic E-state index is 12.4. The van der Waals surface area contributed by atoms with Gasteiger partial charge in [-0.25, -0.2) is 0 Å². The molecule has 4 aliphatic carbocycles. The van der Waals surface area contributed by atoms with Crippen LogP contribution >= 0.6 is 0 Å². The highest BCUT2D eigenvalue weighted by atomic mass is 16.6. The van der Waals surface area contributed by atoms with Gasteiger partial charge in [-0.2, -0.15) is 0 Å². The van der Waals surface area contributed by atoms with Crippen LogP contribution < -0.4 is 5.73 Å². The van der Waals surface area contributed by atoms with E-state index in [9.17, 15) is 4.79 Å². The highest BCUT2D eigenvalue weighted by molar-refractivity contribution is 5.96. The fraction of sp³-hybridized carbons (Fsp3) is 0.613. The number of nitrogens with zero attached hydrogens (tertiary/aromatic N) is 1. The van der Waals surface area contributed by atoms with Crippen LogP contribution in [0.4, 0.5) is 0 Å². The van der Waals surface area contributed by atoms with Crippen LogP contribution in [0.2, 0.25) is 0 Å². The van der Waals surface area contributed by atoms with Crippen LogP contribution in [0.15, 0.2) is 47.1 Å². The van der Waals surface area contributed by atoms with Gasteiger partial charge < -0.3 is 15.6 Å². The minimum atomic E-state index is -0.236. The predicted molar refractivity (Wildman–Crippen MR) is 144 cm³/mol. The molecule has 5 heteroatoms. The van der Waals surface area contributed by atoms with Crippen molar-refractivity contribution in [3.63, 3.8) is 0 Å². The fourth-order valence-electron chi connectivity index (χ4n) is 8.90. The van der Waals surface area contributed by atoms with E-state index < -0.39 is 0 Å². The Morgan fingerprint density at radius 1 is 1.14 bits per heavy atom. The number of hydrogen-bond acceptors (Lipinski definition) is 4. The number of allylic oxidation sites excluding steroid dienone is 2. The molecule has 36 heavy (non-hydrogen) atoms. The summed E-state index contributed by atoms with van der Waals surface area (Å²) < 4.78 is 0. The molecule has 0 bridgehead atoms. The molecule has 192 valence electrons. The predicted octanol–water partition coefficient (Wildman–Crippen LogP) is 6.71. The molecule has 7 atom stereocenters. The number of carbonyl (C=O) groups is 1. The Morgan fingerprint density at radius 2 is 1.97 bits per heavy atom. The summed E-state index contributed by atoms with van der Waals surface area (Å²) in [6, 6.07) is 10.1. The van der Waals surface area contributed by atoms with E-state index in [1.54, 1.807) is 5.57 Å². The number of aromatic amines is 1. The van der Waals surface area contributed by atoms with Crippen LogP contribution in [0.5, 0.6) is 0 Å². The van der Waals surface area contributed by atoms with E-state index in [1.165, 1.54) is 31.1 Å². The average Bonchev–Trinajstić information content (AvgIpc) is 3.45. The molecule has 4 aliphatic rings. The van der Waals surface area contributed by atoms with Crippen molar-refractivity contribution < 1.29 is 9.63 Å². The SMILES string of the molecule is CC(=O)[C@H]1CCC2C3CCC4=C/C(=N/OC[C@@H](N)c5cc6ccccc6[nH]5)CC[C@]4(C)C3CC[C@@]21C. The van der Waals surface area contributed by atoms with Gasteiger partial charge in [0.2, 0.25) is 0 Å². The van der Waals surface area contributed by atoms with Gasteiger partial charge in [0.1, 0.15) is 12.4 Å². The lowest BCUT2D eigenvalue weighted by Gasteiger charge is -2.58. The van der Waals surface area contributed by atoms with Crippen LogP contribution in [0, 0.1) is 34.5 Å². The van der Waals surface area contributed by atoms with Crippen molar-refractivity contribution in [3.8, 4) is 0 Å². The standard InChI is InChI=1S/C31H41N3O2/c1-19(35)24-10-11-25-23-9-8-21-17-22(12-14-30(21,2)26(23)13-15-31(24,25)3)34-36-18-27(32)29-16-20-6-4-5-7-28(20)33-29/h4-7,16-17,23-27,33H,8-15,18,32H2,1-3H3/b34-22+/t23?,24-,25?,26?,27-,30+,31-/m1/s1. The number of hydrogen-bond donors (Lipinski definition) is 2. The molecule has 3 unspecified atom stereocenters. The number of fused-ring (bicyclic) bond motifs is 6. The van der Waals surface area contributed by atoms with Crippen molar-refractivity contribution in [1.29, 1.82) is 0 Å². The van der Waals surface area contributed by atoms with Crippen LogP contribution in [-0.2, 0) is 9.63 Å². The second-order valence-electron chi connectivity index (χ2n) is 12.6. The van der Waals surface area contributed by atoms with Crippen LogP contribution in [-0.4, -0.2) is 23.1 Å². The van der Waals surface area contributed by atoms with Crippen LogP contribution in [0.1, 0.15) is 83.9 Å². The zero-order chi connectivity index (χ0) is 25.1. The maximum atomic E-state index is 12.4. The zero-order valence-corrected chi connectivity index (χ0v) is 22.1. The van der Waals surface area contributed by atoms with Crippen molar-refractivity contribution in [3.05, 3.63) is 47.7 Å². The molecule has 3 saturated carbocycles. The summed E-state index contributed by atoms with van der Waals surface area (Å²) in [7, 11) is 0. The summed E-state index contributed by atoms with van der Waals surface area (Å²) in [6.45, 7) is 7.13. The van der Waals surface area contributed by atoms with E-state index in [2.05, 4.69) is 48.3 Å². The zero-order valence-electron chi connectivity index (χ0n) is 22.1. The molecule has 2 aromatic rings. The number of nitrogens with two attached hydrogens (primary N) is 1. The van der Waals surface area contributed by atoms with Gasteiger partial charge in [-0.05, 0) is 110 Å². The van der Waals surface area contributed by atoms with Gasteiger partial charge in [0.15, 0.2) is 0 Å².